The van der Waals surface area contributed by atoms with E-state index in [4.69, 9.17) is 0 Å². The fourth-order valence-corrected chi connectivity index (χ4v) is 3.67. The van der Waals surface area contributed by atoms with Crippen LogP contribution in [-0.4, -0.2) is 23.7 Å². The molecule has 1 heterocycles. The number of para-hydroxylation sites is 1. The molecule has 3 rings (SSSR count). The zero-order chi connectivity index (χ0) is 15.5. The summed E-state index contributed by atoms with van der Waals surface area (Å²) in [7, 11) is 0. The fraction of sp³-hybridized carbons (Fsp3) is 0.176. The maximum absolute atomic E-state index is 12.7. The molecule has 0 radical (unpaired) electrons. The van der Waals surface area contributed by atoms with E-state index in [1.807, 2.05) is 61.7 Å². The van der Waals surface area contributed by atoms with Crippen molar-refractivity contribution in [1.29, 1.82) is 0 Å². The smallest absolute Gasteiger partial charge is 0.260 e. The quantitative estimate of drug-likeness (QED) is 0.652. The molecule has 0 aliphatic carbocycles. The Hall–Kier alpha value is -1.85. The maximum Gasteiger partial charge on any atom is 0.260 e. The highest BCUT2D eigenvalue weighted by atomic mass is 32.2. The number of hydrogen-bond acceptors (Lipinski definition) is 4. The molecular formula is C17H16N2OS2. The fourth-order valence-electron chi connectivity index (χ4n) is 2.23. The summed E-state index contributed by atoms with van der Waals surface area (Å²) in [6, 6.07) is 15.7. The molecule has 0 aliphatic heterocycles. The molecule has 0 N–H and O–H groups in total. The third-order valence-electron chi connectivity index (χ3n) is 3.41. The number of hydrogen-bond donors (Lipinski definition) is 0. The molecule has 0 unspecified atom stereocenters. The van der Waals surface area contributed by atoms with Gasteiger partial charge in [-0.15, -0.1) is 11.8 Å². The second-order valence-corrected chi connectivity index (χ2v) is 6.63. The highest BCUT2D eigenvalue weighted by molar-refractivity contribution is 7.98. The van der Waals surface area contributed by atoms with Gasteiger partial charge >= 0.3 is 0 Å². The topological polar surface area (TPSA) is 33.2 Å². The third kappa shape index (κ3) is 2.87. The van der Waals surface area contributed by atoms with Crippen LogP contribution >= 0.6 is 23.1 Å². The molecule has 22 heavy (non-hydrogen) atoms. The standard InChI is InChI=1S/C17H16N2OS2/c1-3-19(16(20)12-8-10-13(21-2)11-9-12)17-18-14-6-4-5-7-15(14)22-17/h4-11H,3H2,1-2H3. The predicted molar refractivity (Wildman–Crippen MR) is 95.2 cm³/mol. The van der Waals surface area contributed by atoms with Gasteiger partial charge in [-0.3, -0.25) is 9.69 Å². The monoisotopic (exact) mass is 328 g/mol. The first kappa shape index (κ1) is 15.1. The Morgan fingerprint density at radius 1 is 1.18 bits per heavy atom. The summed E-state index contributed by atoms with van der Waals surface area (Å²) in [6.07, 6.45) is 2.02. The van der Waals surface area contributed by atoms with E-state index < -0.39 is 0 Å². The minimum Gasteiger partial charge on any atom is -0.284 e. The zero-order valence-corrected chi connectivity index (χ0v) is 14.1. The normalized spacial score (nSPS) is 10.8. The summed E-state index contributed by atoms with van der Waals surface area (Å²) in [5.41, 5.74) is 1.63. The summed E-state index contributed by atoms with van der Waals surface area (Å²) >= 11 is 3.22. The van der Waals surface area contributed by atoms with Gasteiger partial charge < -0.3 is 0 Å². The van der Waals surface area contributed by atoms with Crippen LogP contribution in [0.25, 0.3) is 10.2 Å². The van der Waals surface area contributed by atoms with Crippen LogP contribution in [0.3, 0.4) is 0 Å². The average molecular weight is 328 g/mol. The van der Waals surface area contributed by atoms with Crippen molar-refractivity contribution in [2.75, 3.05) is 17.7 Å². The lowest BCUT2D eigenvalue weighted by molar-refractivity contribution is 0.0988. The van der Waals surface area contributed by atoms with Crippen molar-refractivity contribution in [1.82, 2.24) is 4.98 Å². The number of fused-ring (bicyclic) bond motifs is 1. The van der Waals surface area contributed by atoms with Gasteiger partial charge in [-0.1, -0.05) is 23.5 Å². The number of amides is 1. The molecule has 0 bridgehead atoms. The van der Waals surface area contributed by atoms with E-state index in [0.29, 0.717) is 12.1 Å². The Morgan fingerprint density at radius 3 is 2.55 bits per heavy atom. The number of benzene rings is 2. The van der Waals surface area contributed by atoms with Gasteiger partial charge in [0, 0.05) is 17.0 Å². The predicted octanol–water partition coefficient (Wildman–Crippen LogP) is 4.68. The third-order valence-corrected chi connectivity index (χ3v) is 5.21. The van der Waals surface area contributed by atoms with E-state index in [1.165, 1.54) is 0 Å². The molecule has 3 aromatic rings. The summed E-state index contributed by atoms with van der Waals surface area (Å²) in [5, 5.41) is 0.752. The molecule has 5 heteroatoms. The van der Waals surface area contributed by atoms with Crippen LogP contribution in [0, 0.1) is 0 Å². The average Bonchev–Trinajstić information content (AvgIpc) is 2.99. The van der Waals surface area contributed by atoms with Gasteiger partial charge in [-0.25, -0.2) is 4.98 Å². The molecule has 2 aromatic carbocycles. The number of anilines is 1. The minimum absolute atomic E-state index is 0.00536. The number of carbonyl (C=O) groups is 1. The summed E-state index contributed by atoms with van der Waals surface area (Å²) in [6.45, 7) is 2.57. The van der Waals surface area contributed by atoms with E-state index in [9.17, 15) is 4.79 Å². The maximum atomic E-state index is 12.7. The van der Waals surface area contributed by atoms with Gasteiger partial charge in [0.15, 0.2) is 5.13 Å². The van der Waals surface area contributed by atoms with Crippen LogP contribution in [0.2, 0.25) is 0 Å². The molecule has 1 amide bonds. The van der Waals surface area contributed by atoms with Crippen LogP contribution < -0.4 is 4.90 Å². The summed E-state index contributed by atoms with van der Waals surface area (Å²) in [4.78, 5) is 20.2. The number of thiazole rings is 1. The van der Waals surface area contributed by atoms with Crippen LogP contribution in [-0.2, 0) is 0 Å². The van der Waals surface area contributed by atoms with Crippen LogP contribution in [0.4, 0.5) is 5.13 Å². The Labute approximate surface area is 138 Å². The minimum atomic E-state index is -0.00536. The molecule has 112 valence electrons. The van der Waals surface area contributed by atoms with Crippen molar-refractivity contribution in [2.24, 2.45) is 0 Å². The van der Waals surface area contributed by atoms with E-state index in [2.05, 4.69) is 4.98 Å². The molecule has 3 nitrogen and oxygen atoms in total. The number of nitrogens with zero attached hydrogens (tertiary/aromatic N) is 2. The van der Waals surface area contributed by atoms with Crippen molar-refractivity contribution >= 4 is 44.4 Å². The molecule has 0 saturated carbocycles. The molecule has 0 atom stereocenters. The van der Waals surface area contributed by atoms with Crippen molar-refractivity contribution in [3.05, 3.63) is 54.1 Å². The Kier molecular flexibility index (Phi) is 4.45. The Bertz CT molecular complexity index is 763. The van der Waals surface area contributed by atoms with Gasteiger partial charge in [-0.2, -0.15) is 0 Å². The first-order valence-electron chi connectivity index (χ1n) is 7.04. The molecule has 0 spiro atoms. The highest BCUT2D eigenvalue weighted by Gasteiger charge is 2.19. The van der Waals surface area contributed by atoms with E-state index >= 15 is 0 Å². The Balaban J connectivity index is 1.93. The lowest BCUT2D eigenvalue weighted by Gasteiger charge is -2.17. The lowest BCUT2D eigenvalue weighted by atomic mass is 10.2. The van der Waals surface area contributed by atoms with Crippen LogP contribution in [0.1, 0.15) is 17.3 Å². The van der Waals surface area contributed by atoms with E-state index in [1.54, 1.807) is 28.0 Å². The zero-order valence-electron chi connectivity index (χ0n) is 12.4. The van der Waals surface area contributed by atoms with Crippen molar-refractivity contribution in [2.45, 2.75) is 11.8 Å². The van der Waals surface area contributed by atoms with Crippen molar-refractivity contribution < 1.29 is 4.79 Å². The summed E-state index contributed by atoms with van der Waals surface area (Å²) in [5.74, 6) is -0.00536. The molecule has 0 fully saturated rings. The first-order chi connectivity index (χ1) is 10.7. The van der Waals surface area contributed by atoms with E-state index in [-0.39, 0.29) is 5.91 Å². The molecule has 0 saturated heterocycles. The lowest BCUT2D eigenvalue weighted by Crippen LogP contribution is -2.30. The van der Waals surface area contributed by atoms with Gasteiger partial charge in [-0.05, 0) is 49.6 Å². The largest absolute Gasteiger partial charge is 0.284 e. The number of rotatable bonds is 4. The van der Waals surface area contributed by atoms with Gasteiger partial charge in [0.2, 0.25) is 0 Å². The number of aromatic nitrogens is 1. The SMILES string of the molecule is CCN(C(=O)c1ccc(SC)cc1)c1nc2ccccc2s1. The number of carbonyl (C=O) groups excluding carboxylic acids is 1. The molecular weight excluding hydrogens is 312 g/mol. The van der Waals surface area contributed by atoms with Crippen molar-refractivity contribution in [3.63, 3.8) is 0 Å². The Morgan fingerprint density at radius 2 is 1.91 bits per heavy atom. The highest BCUT2D eigenvalue weighted by Crippen LogP contribution is 2.29. The first-order valence-corrected chi connectivity index (χ1v) is 9.08. The molecule has 0 aliphatic rings. The number of thioether (sulfide) groups is 1. The van der Waals surface area contributed by atoms with E-state index in [0.717, 1.165) is 20.2 Å². The van der Waals surface area contributed by atoms with Gasteiger partial charge in [0.05, 0.1) is 10.2 Å². The van der Waals surface area contributed by atoms with Gasteiger partial charge in [0.1, 0.15) is 0 Å². The second kappa shape index (κ2) is 6.50. The second-order valence-electron chi connectivity index (χ2n) is 4.74. The van der Waals surface area contributed by atoms with Crippen molar-refractivity contribution in [3.8, 4) is 0 Å². The summed E-state index contributed by atoms with van der Waals surface area (Å²) < 4.78 is 1.10. The molecule has 1 aromatic heterocycles. The van der Waals surface area contributed by atoms with Crippen LogP contribution in [0.15, 0.2) is 53.4 Å². The van der Waals surface area contributed by atoms with Crippen LogP contribution in [0.5, 0.6) is 0 Å². The van der Waals surface area contributed by atoms with Gasteiger partial charge in [0.25, 0.3) is 5.91 Å².